The first-order chi connectivity index (χ1) is 13.4. The van der Waals surface area contributed by atoms with Crippen LogP contribution >= 0.6 is 0 Å². The highest BCUT2D eigenvalue weighted by molar-refractivity contribution is 6.05. The molecule has 0 saturated carbocycles. The first kappa shape index (κ1) is 19.6. The number of amides is 2. The molecule has 0 bridgehead atoms. The monoisotopic (exact) mass is 375 g/mol. The number of nitriles is 1. The molecule has 144 valence electrons. The number of likely N-dealkylation sites (tertiary alicyclic amines) is 1. The zero-order valence-corrected chi connectivity index (χ0v) is 16.5. The van der Waals surface area contributed by atoms with Crippen LogP contribution in [0.15, 0.2) is 42.5 Å². The Balaban J connectivity index is 1.80. The Morgan fingerprint density at radius 1 is 1.07 bits per heavy atom. The average Bonchev–Trinajstić information content (AvgIpc) is 2.68. The van der Waals surface area contributed by atoms with Crippen LogP contribution in [-0.2, 0) is 0 Å². The molecule has 2 amide bonds. The van der Waals surface area contributed by atoms with Gasteiger partial charge in [-0.1, -0.05) is 26.0 Å². The Hall–Kier alpha value is -3.13. The van der Waals surface area contributed by atoms with Gasteiger partial charge < -0.3 is 10.2 Å². The molecule has 3 rings (SSSR count). The smallest absolute Gasteiger partial charge is 0.255 e. The molecule has 2 aromatic rings. The number of piperidine rings is 1. The molecule has 1 heterocycles. The summed E-state index contributed by atoms with van der Waals surface area (Å²) in [5.41, 5.74) is 2.90. The zero-order valence-electron chi connectivity index (χ0n) is 16.5. The molecule has 28 heavy (non-hydrogen) atoms. The van der Waals surface area contributed by atoms with Crippen molar-refractivity contribution in [3.63, 3.8) is 0 Å². The summed E-state index contributed by atoms with van der Waals surface area (Å²) in [7, 11) is 0. The van der Waals surface area contributed by atoms with E-state index in [2.05, 4.69) is 19.2 Å². The lowest BCUT2D eigenvalue weighted by atomic mass is 9.91. The van der Waals surface area contributed by atoms with Crippen molar-refractivity contribution < 1.29 is 9.59 Å². The lowest BCUT2D eigenvalue weighted by Gasteiger charge is -2.35. The maximum Gasteiger partial charge on any atom is 0.255 e. The van der Waals surface area contributed by atoms with E-state index in [9.17, 15) is 9.59 Å². The molecule has 0 spiro atoms. The summed E-state index contributed by atoms with van der Waals surface area (Å²) in [6, 6.07) is 14.0. The second-order valence-corrected chi connectivity index (χ2v) is 7.83. The number of carbonyl (C=O) groups excluding carboxylic acids is 2. The third-order valence-electron chi connectivity index (χ3n) is 5.14. The van der Waals surface area contributed by atoms with Crippen LogP contribution in [-0.4, -0.2) is 29.8 Å². The summed E-state index contributed by atoms with van der Waals surface area (Å²) >= 11 is 0. The van der Waals surface area contributed by atoms with Crippen molar-refractivity contribution in [2.24, 2.45) is 11.8 Å². The van der Waals surface area contributed by atoms with Crippen molar-refractivity contribution in [1.82, 2.24) is 4.90 Å². The van der Waals surface area contributed by atoms with Gasteiger partial charge in [-0.3, -0.25) is 9.59 Å². The van der Waals surface area contributed by atoms with Crippen molar-refractivity contribution in [3.05, 3.63) is 64.7 Å². The number of nitrogens with one attached hydrogen (secondary N) is 1. The number of rotatable bonds is 3. The second kappa shape index (κ2) is 8.26. The van der Waals surface area contributed by atoms with Crippen molar-refractivity contribution in [3.8, 4) is 6.07 Å². The highest BCUT2D eigenvalue weighted by Crippen LogP contribution is 2.24. The number of hydrogen-bond donors (Lipinski definition) is 1. The van der Waals surface area contributed by atoms with Gasteiger partial charge in [-0.2, -0.15) is 5.26 Å². The van der Waals surface area contributed by atoms with Crippen LogP contribution in [0.25, 0.3) is 0 Å². The summed E-state index contributed by atoms with van der Waals surface area (Å²) < 4.78 is 0. The minimum atomic E-state index is -0.301. The zero-order chi connectivity index (χ0) is 20.3. The summed E-state index contributed by atoms with van der Waals surface area (Å²) in [4.78, 5) is 27.5. The predicted octanol–water partition coefficient (Wildman–Crippen LogP) is 4.24. The van der Waals surface area contributed by atoms with Gasteiger partial charge in [0.15, 0.2) is 0 Å². The molecule has 0 aromatic heterocycles. The summed E-state index contributed by atoms with van der Waals surface area (Å²) in [5.74, 6) is 0.680. The Morgan fingerprint density at radius 3 is 2.46 bits per heavy atom. The first-order valence-electron chi connectivity index (χ1n) is 9.59. The number of nitrogens with zero attached hydrogens (tertiary/aromatic N) is 2. The molecule has 2 aromatic carbocycles. The van der Waals surface area contributed by atoms with E-state index in [4.69, 9.17) is 5.26 Å². The maximum atomic E-state index is 13.0. The van der Waals surface area contributed by atoms with Gasteiger partial charge in [0, 0.05) is 29.9 Å². The quantitative estimate of drug-likeness (QED) is 0.872. The lowest BCUT2D eigenvalue weighted by Crippen LogP contribution is -2.42. The van der Waals surface area contributed by atoms with E-state index >= 15 is 0 Å². The molecule has 1 N–H and O–H groups in total. The highest BCUT2D eigenvalue weighted by atomic mass is 16.2. The van der Waals surface area contributed by atoms with E-state index < -0.39 is 0 Å². The fourth-order valence-electron chi connectivity index (χ4n) is 3.83. The van der Waals surface area contributed by atoms with E-state index in [1.165, 1.54) is 0 Å². The summed E-state index contributed by atoms with van der Waals surface area (Å²) in [6.45, 7) is 7.76. The minimum Gasteiger partial charge on any atom is -0.338 e. The lowest BCUT2D eigenvalue weighted by molar-refractivity contribution is 0.0623. The third-order valence-corrected chi connectivity index (χ3v) is 5.14. The average molecular weight is 375 g/mol. The van der Waals surface area contributed by atoms with E-state index in [-0.39, 0.29) is 11.8 Å². The molecule has 2 atom stereocenters. The van der Waals surface area contributed by atoms with Gasteiger partial charge in [0.05, 0.1) is 11.6 Å². The van der Waals surface area contributed by atoms with Crippen LogP contribution < -0.4 is 5.32 Å². The van der Waals surface area contributed by atoms with Gasteiger partial charge in [-0.15, -0.1) is 0 Å². The normalized spacial score (nSPS) is 19.0. The van der Waals surface area contributed by atoms with Crippen LogP contribution in [0, 0.1) is 30.1 Å². The Labute approximate surface area is 166 Å². The van der Waals surface area contributed by atoms with Gasteiger partial charge in [0.25, 0.3) is 11.8 Å². The van der Waals surface area contributed by atoms with Crippen molar-refractivity contribution in [2.45, 2.75) is 27.2 Å². The highest BCUT2D eigenvalue weighted by Gasteiger charge is 2.26. The van der Waals surface area contributed by atoms with Gasteiger partial charge in [0.2, 0.25) is 0 Å². The second-order valence-electron chi connectivity index (χ2n) is 7.83. The number of benzene rings is 2. The first-order valence-corrected chi connectivity index (χ1v) is 9.59. The number of anilines is 1. The van der Waals surface area contributed by atoms with Gasteiger partial charge >= 0.3 is 0 Å². The van der Waals surface area contributed by atoms with E-state index in [1.807, 2.05) is 30.0 Å². The van der Waals surface area contributed by atoms with Crippen LogP contribution in [0.1, 0.15) is 52.1 Å². The number of hydrogen-bond acceptors (Lipinski definition) is 3. The van der Waals surface area contributed by atoms with Gasteiger partial charge in [0.1, 0.15) is 0 Å². The molecule has 2 unspecified atom stereocenters. The fraction of sp³-hybridized carbons (Fsp3) is 0.348. The van der Waals surface area contributed by atoms with Crippen molar-refractivity contribution in [1.29, 1.82) is 5.26 Å². The van der Waals surface area contributed by atoms with E-state index in [1.54, 1.807) is 30.3 Å². The van der Waals surface area contributed by atoms with Crippen LogP contribution in [0.5, 0.6) is 0 Å². The molecule has 1 aliphatic rings. The Kier molecular flexibility index (Phi) is 5.79. The minimum absolute atomic E-state index is 0.000349. The van der Waals surface area contributed by atoms with E-state index in [0.717, 1.165) is 25.1 Å². The molecule has 5 nitrogen and oxygen atoms in total. The molecule has 1 saturated heterocycles. The van der Waals surface area contributed by atoms with Crippen molar-refractivity contribution >= 4 is 17.5 Å². The van der Waals surface area contributed by atoms with Crippen LogP contribution in [0.2, 0.25) is 0 Å². The Bertz CT molecular complexity index is 935. The Morgan fingerprint density at radius 2 is 1.79 bits per heavy atom. The molecular formula is C23H25N3O2. The van der Waals surface area contributed by atoms with Crippen molar-refractivity contribution in [2.75, 3.05) is 18.4 Å². The topological polar surface area (TPSA) is 73.2 Å². The predicted molar refractivity (Wildman–Crippen MR) is 109 cm³/mol. The molecular weight excluding hydrogens is 350 g/mol. The van der Waals surface area contributed by atoms with Gasteiger partial charge in [-0.05, 0) is 61.1 Å². The molecule has 1 fully saturated rings. The summed E-state index contributed by atoms with van der Waals surface area (Å²) in [5, 5.41) is 11.9. The molecule has 0 aliphatic carbocycles. The third kappa shape index (κ3) is 4.40. The molecule has 1 aliphatic heterocycles. The van der Waals surface area contributed by atoms with Crippen LogP contribution in [0.3, 0.4) is 0 Å². The van der Waals surface area contributed by atoms with Gasteiger partial charge in [-0.25, -0.2) is 0 Å². The molecule has 5 heteroatoms. The largest absolute Gasteiger partial charge is 0.338 e. The summed E-state index contributed by atoms with van der Waals surface area (Å²) in [6.07, 6.45) is 1.14. The standard InChI is InChI=1S/C23H25N3O2/c1-15-9-16(2)14-26(13-15)23(28)20-8-7-17(3)21(11-20)25-22(27)19-6-4-5-18(10-19)12-24/h4-8,10-11,15-16H,9,13-14H2,1-3H3,(H,25,27). The number of aryl methyl sites for hydroxylation is 1. The van der Waals surface area contributed by atoms with Crippen LogP contribution in [0.4, 0.5) is 5.69 Å². The molecule has 0 radical (unpaired) electrons. The number of carbonyl (C=O) groups is 2. The van der Waals surface area contributed by atoms with E-state index in [0.29, 0.717) is 34.2 Å². The SMILES string of the molecule is Cc1ccc(C(=O)N2CC(C)CC(C)C2)cc1NC(=O)c1cccc(C#N)c1. The fourth-order valence-corrected chi connectivity index (χ4v) is 3.83. The maximum absolute atomic E-state index is 13.0.